The van der Waals surface area contributed by atoms with Crippen LogP contribution in [0.5, 0.6) is 0 Å². The molecular formula is C14H17F. The lowest BCUT2D eigenvalue weighted by molar-refractivity contribution is 0.710. The number of hydrogen-bond acceptors (Lipinski definition) is 0. The van der Waals surface area contributed by atoms with Gasteiger partial charge in [0.2, 0.25) is 0 Å². The van der Waals surface area contributed by atoms with Crippen LogP contribution in [0.1, 0.15) is 26.7 Å². The van der Waals surface area contributed by atoms with Gasteiger partial charge in [-0.25, -0.2) is 4.39 Å². The van der Waals surface area contributed by atoms with E-state index in [9.17, 15) is 4.39 Å². The topological polar surface area (TPSA) is 0 Å². The maximum absolute atomic E-state index is 12.4. The van der Waals surface area contributed by atoms with Gasteiger partial charge in [-0.05, 0) is 37.0 Å². The van der Waals surface area contributed by atoms with Crippen LogP contribution in [0.15, 0.2) is 47.9 Å². The molecular weight excluding hydrogens is 187 g/mol. The van der Waals surface area contributed by atoms with E-state index in [2.05, 4.69) is 19.1 Å². The highest BCUT2D eigenvalue weighted by molar-refractivity contribution is 5.36. The molecule has 0 N–H and O–H groups in total. The SMILES string of the molecule is C#CCC(/C=C(/C)C(=C)CC(=C)C)=C\F. The van der Waals surface area contributed by atoms with Crippen molar-refractivity contribution in [2.75, 3.05) is 0 Å². The molecule has 0 bridgehead atoms. The summed E-state index contributed by atoms with van der Waals surface area (Å²) in [4.78, 5) is 0. The van der Waals surface area contributed by atoms with Crippen LogP contribution in [0.4, 0.5) is 4.39 Å². The molecule has 0 aromatic rings. The normalized spacial score (nSPS) is 12.1. The average molecular weight is 204 g/mol. The van der Waals surface area contributed by atoms with Gasteiger partial charge in [0, 0.05) is 6.42 Å². The van der Waals surface area contributed by atoms with Crippen LogP contribution < -0.4 is 0 Å². The summed E-state index contributed by atoms with van der Waals surface area (Å²) in [5.74, 6) is 2.40. The third-order valence-corrected chi connectivity index (χ3v) is 1.92. The Hall–Kier alpha value is -1.55. The molecule has 0 saturated carbocycles. The Labute approximate surface area is 91.9 Å². The fourth-order valence-electron chi connectivity index (χ4n) is 1.12. The summed E-state index contributed by atoms with van der Waals surface area (Å²) < 4.78 is 12.4. The molecule has 0 atom stereocenters. The van der Waals surface area contributed by atoms with Gasteiger partial charge in [0.1, 0.15) is 0 Å². The van der Waals surface area contributed by atoms with Crippen molar-refractivity contribution in [1.29, 1.82) is 0 Å². The summed E-state index contributed by atoms with van der Waals surface area (Å²) >= 11 is 0. The van der Waals surface area contributed by atoms with E-state index in [1.54, 1.807) is 6.08 Å². The number of allylic oxidation sites excluding steroid dienone is 5. The van der Waals surface area contributed by atoms with Crippen LogP contribution in [0.3, 0.4) is 0 Å². The van der Waals surface area contributed by atoms with E-state index < -0.39 is 0 Å². The Kier molecular flexibility index (Phi) is 6.13. The maximum atomic E-state index is 12.4. The van der Waals surface area contributed by atoms with Gasteiger partial charge in [0.05, 0.1) is 6.33 Å². The van der Waals surface area contributed by atoms with Crippen molar-refractivity contribution in [3.8, 4) is 12.3 Å². The summed E-state index contributed by atoms with van der Waals surface area (Å²) in [6, 6.07) is 0. The first-order chi connectivity index (χ1) is 7.01. The molecule has 0 rings (SSSR count). The van der Waals surface area contributed by atoms with Gasteiger partial charge in [-0.3, -0.25) is 0 Å². The Morgan fingerprint density at radius 2 is 2.00 bits per heavy atom. The molecule has 0 saturated heterocycles. The molecule has 0 fully saturated rings. The van der Waals surface area contributed by atoms with Crippen LogP contribution in [0.25, 0.3) is 0 Å². The second-order valence-electron chi connectivity index (χ2n) is 3.63. The lowest BCUT2D eigenvalue weighted by Crippen LogP contribution is -1.87. The van der Waals surface area contributed by atoms with E-state index >= 15 is 0 Å². The highest BCUT2D eigenvalue weighted by Gasteiger charge is 1.99. The third kappa shape index (κ3) is 5.70. The van der Waals surface area contributed by atoms with E-state index in [1.807, 2.05) is 13.8 Å². The van der Waals surface area contributed by atoms with Crippen LogP contribution in [-0.4, -0.2) is 0 Å². The minimum atomic E-state index is 0.300. The Bertz CT molecular complexity index is 348. The standard InChI is InChI=1S/C14H17F/c1-6-7-14(10-15)9-13(5)12(4)8-11(2)3/h1,9-10H,2,4,7-8H2,3,5H3/b13-9-,14-10+. The van der Waals surface area contributed by atoms with Crippen LogP contribution in [-0.2, 0) is 0 Å². The van der Waals surface area contributed by atoms with E-state index in [4.69, 9.17) is 6.42 Å². The van der Waals surface area contributed by atoms with Gasteiger partial charge >= 0.3 is 0 Å². The minimum absolute atomic E-state index is 0.300. The summed E-state index contributed by atoms with van der Waals surface area (Å²) in [6.07, 6.45) is 8.41. The fourth-order valence-corrected chi connectivity index (χ4v) is 1.12. The minimum Gasteiger partial charge on any atom is -0.215 e. The van der Waals surface area contributed by atoms with Crippen LogP contribution >= 0.6 is 0 Å². The number of rotatable bonds is 5. The Morgan fingerprint density at radius 1 is 1.40 bits per heavy atom. The molecule has 0 unspecified atom stereocenters. The first-order valence-corrected chi connectivity index (χ1v) is 4.74. The predicted octanol–water partition coefficient (Wildman–Crippen LogP) is 4.33. The highest BCUT2D eigenvalue weighted by atomic mass is 19.1. The zero-order valence-electron chi connectivity index (χ0n) is 9.44. The van der Waals surface area contributed by atoms with Gasteiger partial charge < -0.3 is 0 Å². The molecule has 0 radical (unpaired) electrons. The van der Waals surface area contributed by atoms with E-state index in [0.717, 1.165) is 23.1 Å². The van der Waals surface area contributed by atoms with Gasteiger partial charge in [-0.15, -0.1) is 12.3 Å². The summed E-state index contributed by atoms with van der Waals surface area (Å²) in [7, 11) is 0. The molecule has 0 aromatic carbocycles. The third-order valence-electron chi connectivity index (χ3n) is 1.92. The maximum Gasteiger partial charge on any atom is 0.0908 e. The van der Waals surface area contributed by atoms with Gasteiger partial charge in [-0.1, -0.05) is 24.8 Å². The summed E-state index contributed by atoms with van der Waals surface area (Å²) in [5.41, 5.74) is 3.42. The van der Waals surface area contributed by atoms with Crippen molar-refractivity contribution in [3.05, 3.63) is 47.9 Å². The number of hydrogen-bond donors (Lipinski definition) is 0. The Balaban J connectivity index is 4.62. The quantitative estimate of drug-likeness (QED) is 0.355. The van der Waals surface area contributed by atoms with E-state index in [-0.39, 0.29) is 0 Å². The molecule has 0 nitrogen and oxygen atoms in total. The van der Waals surface area contributed by atoms with Crippen LogP contribution in [0.2, 0.25) is 0 Å². The van der Waals surface area contributed by atoms with Gasteiger partial charge in [-0.2, -0.15) is 0 Å². The second kappa shape index (κ2) is 6.84. The van der Waals surface area contributed by atoms with Gasteiger partial charge in [0.25, 0.3) is 0 Å². The molecule has 0 spiro atoms. The Morgan fingerprint density at radius 3 is 2.40 bits per heavy atom. The molecule has 80 valence electrons. The van der Waals surface area contributed by atoms with E-state index in [1.165, 1.54) is 0 Å². The first kappa shape index (κ1) is 13.4. The predicted molar refractivity (Wildman–Crippen MR) is 65.0 cm³/mol. The molecule has 0 aliphatic heterocycles. The highest BCUT2D eigenvalue weighted by Crippen LogP contribution is 2.18. The summed E-state index contributed by atoms with van der Waals surface area (Å²) in [5, 5.41) is 0. The number of halogens is 1. The summed E-state index contributed by atoms with van der Waals surface area (Å²) in [6.45, 7) is 11.5. The smallest absolute Gasteiger partial charge is 0.0908 e. The van der Waals surface area contributed by atoms with Crippen molar-refractivity contribution in [2.24, 2.45) is 0 Å². The van der Waals surface area contributed by atoms with Gasteiger partial charge in [0.15, 0.2) is 0 Å². The average Bonchev–Trinajstić information content (AvgIpc) is 2.15. The van der Waals surface area contributed by atoms with Crippen molar-refractivity contribution in [1.82, 2.24) is 0 Å². The number of terminal acetylenes is 1. The van der Waals surface area contributed by atoms with Crippen molar-refractivity contribution in [3.63, 3.8) is 0 Å². The molecule has 1 heteroatoms. The molecule has 0 aliphatic carbocycles. The molecule has 15 heavy (non-hydrogen) atoms. The van der Waals surface area contributed by atoms with Crippen molar-refractivity contribution in [2.45, 2.75) is 26.7 Å². The van der Waals surface area contributed by atoms with E-state index in [0.29, 0.717) is 18.3 Å². The lowest BCUT2D eigenvalue weighted by atomic mass is 10.00. The molecule has 0 amide bonds. The largest absolute Gasteiger partial charge is 0.215 e. The lowest BCUT2D eigenvalue weighted by Gasteiger charge is -2.06. The molecule has 0 aliphatic rings. The molecule has 0 heterocycles. The monoisotopic (exact) mass is 204 g/mol. The second-order valence-corrected chi connectivity index (χ2v) is 3.63. The van der Waals surface area contributed by atoms with Crippen molar-refractivity contribution >= 4 is 0 Å². The zero-order valence-corrected chi connectivity index (χ0v) is 9.44. The fraction of sp³-hybridized carbons (Fsp3) is 0.286. The first-order valence-electron chi connectivity index (χ1n) is 4.74. The van der Waals surface area contributed by atoms with Crippen molar-refractivity contribution < 1.29 is 4.39 Å². The zero-order chi connectivity index (χ0) is 11.8. The van der Waals surface area contributed by atoms with Crippen LogP contribution in [0, 0.1) is 12.3 Å². The molecule has 0 aromatic heterocycles.